The van der Waals surface area contributed by atoms with Crippen molar-refractivity contribution < 1.29 is 19.2 Å². The van der Waals surface area contributed by atoms with Gasteiger partial charge in [-0.05, 0) is 18.6 Å². The van der Waals surface area contributed by atoms with Crippen LogP contribution in [0.15, 0.2) is 65.9 Å². The molecule has 0 spiro atoms. The molecule has 0 aromatic heterocycles. The van der Waals surface area contributed by atoms with Gasteiger partial charge in [0.25, 0.3) is 5.69 Å². The Bertz CT molecular complexity index is 1100. The van der Waals surface area contributed by atoms with Gasteiger partial charge in [0.1, 0.15) is 5.69 Å². The van der Waals surface area contributed by atoms with Crippen molar-refractivity contribution in [2.24, 2.45) is 0 Å². The molecular weight excluding hydrogens is 438 g/mol. The lowest BCUT2D eigenvalue weighted by Gasteiger charge is -2.37. The number of nitro benzene ring substituents is 1. The molecule has 4 rings (SSSR count). The number of hydrogen-bond acceptors (Lipinski definition) is 7. The van der Waals surface area contributed by atoms with Gasteiger partial charge in [-0.2, -0.15) is 0 Å². The molecule has 10 heteroatoms. The molecule has 2 N–H and O–H groups in total. The number of piperazine rings is 1. The maximum atomic E-state index is 12.9. The maximum absolute atomic E-state index is 12.9. The van der Waals surface area contributed by atoms with E-state index in [9.17, 15) is 19.7 Å². The largest absolute Gasteiger partial charge is 0.463 e. The van der Waals surface area contributed by atoms with Crippen LogP contribution in [0.5, 0.6) is 0 Å². The molecule has 10 nitrogen and oxygen atoms in total. The van der Waals surface area contributed by atoms with E-state index in [1.807, 2.05) is 35.2 Å². The van der Waals surface area contributed by atoms with Crippen LogP contribution in [0.3, 0.4) is 0 Å². The zero-order valence-corrected chi connectivity index (χ0v) is 18.9. The summed E-state index contributed by atoms with van der Waals surface area (Å²) in [5, 5.41) is 17.0. The summed E-state index contributed by atoms with van der Waals surface area (Å²) < 4.78 is 5.32. The van der Waals surface area contributed by atoms with E-state index in [1.54, 1.807) is 25.1 Å². The van der Waals surface area contributed by atoms with Gasteiger partial charge in [-0.1, -0.05) is 42.5 Å². The van der Waals surface area contributed by atoms with Gasteiger partial charge in [0.2, 0.25) is 0 Å². The van der Waals surface area contributed by atoms with E-state index in [0.29, 0.717) is 49.7 Å². The first-order valence-electron chi connectivity index (χ1n) is 11.2. The summed E-state index contributed by atoms with van der Waals surface area (Å²) in [6, 6.07) is 15.0. The number of benzene rings is 2. The summed E-state index contributed by atoms with van der Waals surface area (Å²) in [7, 11) is 0. The van der Waals surface area contributed by atoms with Gasteiger partial charge in [0, 0.05) is 44.5 Å². The SMILES string of the molecule is CCOC(=O)C1=C(CN2CCN(c3ccccc3[N+](=O)[O-])CC2)NC(=O)NC1c1ccccc1. The Hall–Kier alpha value is -3.92. The lowest BCUT2D eigenvalue weighted by atomic mass is 9.95. The number of amides is 2. The second-order valence-electron chi connectivity index (χ2n) is 8.06. The van der Waals surface area contributed by atoms with Gasteiger partial charge >= 0.3 is 12.0 Å². The predicted molar refractivity (Wildman–Crippen MR) is 126 cm³/mol. The van der Waals surface area contributed by atoms with Gasteiger partial charge in [-0.15, -0.1) is 0 Å². The van der Waals surface area contributed by atoms with Crippen LogP contribution < -0.4 is 15.5 Å². The molecule has 2 aliphatic heterocycles. The van der Waals surface area contributed by atoms with E-state index in [2.05, 4.69) is 15.5 Å². The number of urea groups is 1. The molecule has 1 unspecified atom stereocenters. The number of nitrogens with one attached hydrogen (secondary N) is 2. The molecular formula is C24H27N5O5. The van der Waals surface area contributed by atoms with E-state index >= 15 is 0 Å². The minimum Gasteiger partial charge on any atom is -0.463 e. The number of nitrogens with zero attached hydrogens (tertiary/aromatic N) is 3. The molecule has 0 radical (unpaired) electrons. The normalized spacial score (nSPS) is 18.8. The van der Waals surface area contributed by atoms with Crippen molar-refractivity contribution in [3.05, 3.63) is 81.5 Å². The molecule has 2 aromatic rings. The fraction of sp³-hybridized carbons (Fsp3) is 0.333. The average Bonchev–Trinajstić information content (AvgIpc) is 2.85. The van der Waals surface area contributed by atoms with Crippen LogP contribution in [-0.4, -0.2) is 61.2 Å². The molecule has 1 fully saturated rings. The number of para-hydroxylation sites is 2. The van der Waals surface area contributed by atoms with E-state index in [4.69, 9.17) is 4.74 Å². The molecule has 178 valence electrons. The van der Waals surface area contributed by atoms with Crippen LogP contribution >= 0.6 is 0 Å². The van der Waals surface area contributed by atoms with Crippen molar-refractivity contribution in [3.63, 3.8) is 0 Å². The van der Waals surface area contributed by atoms with Crippen molar-refractivity contribution in [1.82, 2.24) is 15.5 Å². The van der Waals surface area contributed by atoms with Gasteiger partial charge in [0.05, 0.1) is 23.1 Å². The standard InChI is InChI=1S/C24H27N5O5/c1-2-34-23(30)21-18(25-24(31)26-22(21)17-8-4-3-5-9-17)16-27-12-14-28(15-13-27)19-10-6-7-11-20(19)29(32)33/h3-11,22H,2,12-16H2,1H3,(H2,25,26,31). The lowest BCUT2D eigenvalue weighted by Crippen LogP contribution is -2.51. The minimum atomic E-state index is -0.614. The van der Waals surface area contributed by atoms with Gasteiger partial charge < -0.3 is 20.3 Å². The summed E-state index contributed by atoms with van der Waals surface area (Å²) in [6.07, 6.45) is 0. The molecule has 2 aliphatic rings. The summed E-state index contributed by atoms with van der Waals surface area (Å²) >= 11 is 0. The molecule has 0 saturated carbocycles. The number of nitro groups is 1. The second kappa shape index (κ2) is 10.3. The van der Waals surface area contributed by atoms with Crippen LogP contribution in [0, 0.1) is 10.1 Å². The van der Waals surface area contributed by atoms with Crippen molar-refractivity contribution in [1.29, 1.82) is 0 Å². The summed E-state index contributed by atoms with van der Waals surface area (Å²) in [5.41, 5.74) is 2.36. The Kier molecular flexibility index (Phi) is 7.07. The first-order valence-corrected chi connectivity index (χ1v) is 11.2. The number of rotatable bonds is 7. The Morgan fingerprint density at radius 2 is 1.76 bits per heavy atom. The number of carbonyl (C=O) groups excluding carboxylic acids is 2. The van der Waals surface area contributed by atoms with Crippen LogP contribution in [0.2, 0.25) is 0 Å². The molecule has 2 aromatic carbocycles. The molecule has 2 amide bonds. The fourth-order valence-corrected chi connectivity index (χ4v) is 4.34. The zero-order valence-electron chi connectivity index (χ0n) is 18.9. The Morgan fingerprint density at radius 3 is 2.44 bits per heavy atom. The quantitative estimate of drug-likeness (QED) is 0.367. The maximum Gasteiger partial charge on any atom is 0.338 e. The predicted octanol–water partition coefficient (Wildman–Crippen LogP) is 2.59. The molecule has 1 atom stereocenters. The summed E-state index contributed by atoms with van der Waals surface area (Å²) in [5.74, 6) is -0.475. The van der Waals surface area contributed by atoms with Crippen LogP contribution in [0.4, 0.5) is 16.2 Å². The highest BCUT2D eigenvalue weighted by Crippen LogP contribution is 2.30. The Balaban J connectivity index is 1.55. The molecule has 0 bridgehead atoms. The van der Waals surface area contributed by atoms with Crippen LogP contribution in [-0.2, 0) is 9.53 Å². The molecule has 34 heavy (non-hydrogen) atoms. The molecule has 2 heterocycles. The topological polar surface area (TPSA) is 117 Å². The highest BCUT2D eigenvalue weighted by molar-refractivity contribution is 5.95. The highest BCUT2D eigenvalue weighted by Gasteiger charge is 2.34. The van der Waals surface area contributed by atoms with E-state index in [-0.39, 0.29) is 23.2 Å². The van der Waals surface area contributed by atoms with Crippen molar-refractivity contribution >= 4 is 23.4 Å². The third kappa shape index (κ3) is 5.01. The van der Waals surface area contributed by atoms with Crippen molar-refractivity contribution in [2.75, 3.05) is 44.2 Å². The average molecular weight is 466 g/mol. The van der Waals surface area contributed by atoms with Crippen LogP contribution in [0.25, 0.3) is 0 Å². The van der Waals surface area contributed by atoms with Gasteiger partial charge in [0.15, 0.2) is 0 Å². The van der Waals surface area contributed by atoms with Crippen molar-refractivity contribution in [3.8, 4) is 0 Å². The van der Waals surface area contributed by atoms with Crippen LogP contribution in [0.1, 0.15) is 18.5 Å². The number of hydrogen-bond donors (Lipinski definition) is 2. The first kappa shape index (κ1) is 23.2. The van der Waals surface area contributed by atoms with E-state index in [0.717, 1.165) is 5.56 Å². The highest BCUT2D eigenvalue weighted by atomic mass is 16.6. The van der Waals surface area contributed by atoms with Crippen molar-refractivity contribution in [2.45, 2.75) is 13.0 Å². The number of esters is 1. The Labute approximate surface area is 197 Å². The third-order valence-corrected chi connectivity index (χ3v) is 5.96. The number of anilines is 1. The van der Waals surface area contributed by atoms with Gasteiger partial charge in [-0.25, -0.2) is 9.59 Å². The summed E-state index contributed by atoms with van der Waals surface area (Å²) in [6.45, 7) is 4.72. The monoisotopic (exact) mass is 465 g/mol. The summed E-state index contributed by atoms with van der Waals surface area (Å²) in [4.78, 5) is 40.5. The second-order valence-corrected chi connectivity index (χ2v) is 8.06. The third-order valence-electron chi connectivity index (χ3n) is 5.96. The smallest absolute Gasteiger partial charge is 0.338 e. The lowest BCUT2D eigenvalue weighted by molar-refractivity contribution is -0.384. The minimum absolute atomic E-state index is 0.0829. The first-order chi connectivity index (χ1) is 16.5. The fourth-order valence-electron chi connectivity index (χ4n) is 4.34. The van der Waals surface area contributed by atoms with E-state index in [1.165, 1.54) is 6.07 Å². The zero-order chi connectivity index (χ0) is 24.1. The van der Waals surface area contributed by atoms with Gasteiger partial charge in [-0.3, -0.25) is 15.0 Å². The molecule has 1 saturated heterocycles. The number of ether oxygens (including phenoxy) is 1. The number of carbonyl (C=O) groups is 2. The molecule has 0 aliphatic carbocycles. The Morgan fingerprint density at radius 1 is 1.09 bits per heavy atom. The van der Waals surface area contributed by atoms with E-state index < -0.39 is 12.0 Å².